The molecule has 2 rings (SSSR count). The zero-order valence-corrected chi connectivity index (χ0v) is 13.1. The summed E-state index contributed by atoms with van der Waals surface area (Å²) < 4.78 is 19.2. The van der Waals surface area contributed by atoms with Crippen molar-refractivity contribution in [1.29, 1.82) is 0 Å². The number of ether oxygens (including phenoxy) is 1. The number of hydrogen-bond donors (Lipinski definition) is 1. The zero-order chi connectivity index (χ0) is 14.5. The maximum absolute atomic E-state index is 13.3. The van der Waals surface area contributed by atoms with Gasteiger partial charge in [0.2, 0.25) is 0 Å². The highest BCUT2D eigenvalue weighted by Crippen LogP contribution is 2.19. The van der Waals surface area contributed by atoms with Crippen molar-refractivity contribution in [2.24, 2.45) is 0 Å². The van der Waals surface area contributed by atoms with E-state index in [9.17, 15) is 4.39 Å². The molecule has 0 aliphatic rings. The summed E-state index contributed by atoms with van der Waals surface area (Å²) in [6.45, 7) is 2.69. The van der Waals surface area contributed by atoms with Gasteiger partial charge in [-0.3, -0.25) is 0 Å². The lowest BCUT2D eigenvalue weighted by atomic mass is 10.1. The van der Waals surface area contributed by atoms with Crippen molar-refractivity contribution < 1.29 is 9.13 Å². The van der Waals surface area contributed by atoms with Crippen molar-refractivity contribution in [1.82, 2.24) is 5.32 Å². The lowest BCUT2D eigenvalue weighted by molar-refractivity contribution is 0.414. The van der Waals surface area contributed by atoms with Crippen LogP contribution in [0.5, 0.6) is 5.75 Å². The topological polar surface area (TPSA) is 21.3 Å². The smallest absolute Gasteiger partial charge is 0.124 e. The molecule has 0 aromatic heterocycles. The number of benzene rings is 2. The van der Waals surface area contributed by atoms with E-state index in [1.54, 1.807) is 13.2 Å². The lowest BCUT2D eigenvalue weighted by Gasteiger charge is -2.15. The normalized spacial score (nSPS) is 12.2. The van der Waals surface area contributed by atoms with Crippen LogP contribution >= 0.6 is 15.9 Å². The number of halogens is 2. The summed E-state index contributed by atoms with van der Waals surface area (Å²) in [5, 5.41) is 3.38. The minimum Gasteiger partial charge on any atom is -0.497 e. The van der Waals surface area contributed by atoms with Crippen LogP contribution in [0.4, 0.5) is 4.39 Å². The van der Waals surface area contributed by atoms with Crippen molar-refractivity contribution in [2.45, 2.75) is 19.5 Å². The molecule has 0 fully saturated rings. The average Bonchev–Trinajstić information content (AvgIpc) is 2.44. The molecule has 0 bridgehead atoms. The highest BCUT2D eigenvalue weighted by atomic mass is 79.9. The molecule has 0 aliphatic heterocycles. The van der Waals surface area contributed by atoms with E-state index in [1.807, 2.05) is 30.3 Å². The predicted octanol–water partition coefficient (Wildman–Crippen LogP) is 4.45. The van der Waals surface area contributed by atoms with Gasteiger partial charge in [0.1, 0.15) is 11.6 Å². The van der Waals surface area contributed by atoms with E-state index in [1.165, 1.54) is 11.6 Å². The lowest BCUT2D eigenvalue weighted by Crippen LogP contribution is -2.18. The van der Waals surface area contributed by atoms with Crippen molar-refractivity contribution in [2.75, 3.05) is 7.11 Å². The largest absolute Gasteiger partial charge is 0.497 e. The van der Waals surface area contributed by atoms with Crippen LogP contribution < -0.4 is 10.1 Å². The van der Waals surface area contributed by atoms with Gasteiger partial charge < -0.3 is 10.1 Å². The molecule has 0 heterocycles. The Morgan fingerprint density at radius 1 is 1.20 bits per heavy atom. The quantitative estimate of drug-likeness (QED) is 0.870. The molecule has 0 saturated heterocycles. The van der Waals surface area contributed by atoms with E-state index < -0.39 is 0 Å². The fourth-order valence-electron chi connectivity index (χ4n) is 1.99. The van der Waals surface area contributed by atoms with E-state index in [0.29, 0.717) is 6.54 Å². The summed E-state index contributed by atoms with van der Waals surface area (Å²) in [4.78, 5) is 0. The Balaban J connectivity index is 1.98. The molecule has 1 unspecified atom stereocenters. The molecule has 2 nitrogen and oxygen atoms in total. The molecule has 0 aliphatic carbocycles. The summed E-state index contributed by atoms with van der Waals surface area (Å²) in [7, 11) is 1.65. The van der Waals surface area contributed by atoms with Gasteiger partial charge in [-0.1, -0.05) is 28.1 Å². The van der Waals surface area contributed by atoms with Gasteiger partial charge in [0, 0.05) is 17.1 Å². The second-order valence-corrected chi connectivity index (χ2v) is 5.57. The second kappa shape index (κ2) is 6.86. The van der Waals surface area contributed by atoms with E-state index in [-0.39, 0.29) is 11.9 Å². The Morgan fingerprint density at radius 3 is 2.50 bits per heavy atom. The number of hydrogen-bond acceptors (Lipinski definition) is 2. The van der Waals surface area contributed by atoms with Gasteiger partial charge >= 0.3 is 0 Å². The van der Waals surface area contributed by atoms with Crippen LogP contribution in [0.2, 0.25) is 0 Å². The number of methoxy groups -OCH3 is 1. The summed E-state index contributed by atoms with van der Waals surface area (Å²) in [5.74, 6) is 0.614. The summed E-state index contributed by atoms with van der Waals surface area (Å²) >= 11 is 3.30. The Kier molecular flexibility index (Phi) is 5.15. The van der Waals surface area contributed by atoms with Gasteiger partial charge in [-0.05, 0) is 48.4 Å². The average molecular weight is 338 g/mol. The van der Waals surface area contributed by atoms with Gasteiger partial charge in [0.15, 0.2) is 0 Å². The highest BCUT2D eigenvalue weighted by Gasteiger charge is 2.06. The third-order valence-electron chi connectivity index (χ3n) is 3.15. The molecule has 4 heteroatoms. The molecule has 2 aromatic carbocycles. The van der Waals surface area contributed by atoms with Gasteiger partial charge in [-0.2, -0.15) is 0 Å². The first kappa shape index (κ1) is 15.0. The van der Waals surface area contributed by atoms with Gasteiger partial charge in [-0.25, -0.2) is 4.39 Å². The Morgan fingerprint density at radius 2 is 1.90 bits per heavy atom. The Bertz CT molecular complexity index is 551. The third kappa shape index (κ3) is 4.05. The molecule has 0 amide bonds. The molecule has 0 radical (unpaired) electrons. The number of rotatable bonds is 5. The van der Waals surface area contributed by atoms with Crippen LogP contribution in [0.25, 0.3) is 0 Å². The van der Waals surface area contributed by atoms with Crippen LogP contribution in [0.3, 0.4) is 0 Å². The summed E-state index contributed by atoms with van der Waals surface area (Å²) in [6, 6.07) is 13.0. The van der Waals surface area contributed by atoms with Crippen molar-refractivity contribution in [3.63, 3.8) is 0 Å². The maximum atomic E-state index is 13.3. The molecule has 106 valence electrons. The summed E-state index contributed by atoms with van der Waals surface area (Å²) in [5.41, 5.74) is 2.08. The van der Waals surface area contributed by atoms with Crippen LogP contribution in [-0.2, 0) is 6.54 Å². The van der Waals surface area contributed by atoms with Gasteiger partial charge in [0.25, 0.3) is 0 Å². The van der Waals surface area contributed by atoms with Crippen LogP contribution in [-0.4, -0.2) is 7.11 Å². The van der Waals surface area contributed by atoms with Crippen molar-refractivity contribution in [3.8, 4) is 5.75 Å². The zero-order valence-electron chi connectivity index (χ0n) is 11.5. The second-order valence-electron chi connectivity index (χ2n) is 4.65. The molecule has 0 spiro atoms. The molecule has 2 aromatic rings. The van der Waals surface area contributed by atoms with Crippen LogP contribution in [0.1, 0.15) is 24.1 Å². The first-order valence-corrected chi connectivity index (χ1v) is 7.20. The molecule has 1 N–H and O–H groups in total. The third-order valence-corrected chi connectivity index (χ3v) is 3.61. The van der Waals surface area contributed by atoms with E-state index in [4.69, 9.17) is 4.74 Å². The van der Waals surface area contributed by atoms with Gasteiger partial charge in [0.05, 0.1) is 7.11 Å². The Labute approximate surface area is 127 Å². The highest BCUT2D eigenvalue weighted by molar-refractivity contribution is 9.10. The van der Waals surface area contributed by atoms with E-state index in [0.717, 1.165) is 15.8 Å². The van der Waals surface area contributed by atoms with Gasteiger partial charge in [-0.15, -0.1) is 0 Å². The molecule has 0 saturated carbocycles. The number of nitrogens with one attached hydrogen (secondary N) is 1. The van der Waals surface area contributed by atoms with E-state index >= 15 is 0 Å². The molecular weight excluding hydrogens is 321 g/mol. The maximum Gasteiger partial charge on any atom is 0.124 e. The van der Waals surface area contributed by atoms with Crippen LogP contribution in [0, 0.1) is 5.82 Å². The van der Waals surface area contributed by atoms with E-state index in [2.05, 4.69) is 28.2 Å². The molecule has 20 heavy (non-hydrogen) atoms. The first-order chi connectivity index (χ1) is 9.58. The monoisotopic (exact) mass is 337 g/mol. The first-order valence-electron chi connectivity index (χ1n) is 6.41. The fourth-order valence-corrected chi connectivity index (χ4v) is 2.51. The molecule has 1 atom stereocenters. The van der Waals surface area contributed by atoms with Crippen LogP contribution in [0.15, 0.2) is 46.9 Å². The molecular formula is C16H17BrFNO. The van der Waals surface area contributed by atoms with Crippen molar-refractivity contribution in [3.05, 3.63) is 63.9 Å². The fraction of sp³-hybridized carbons (Fsp3) is 0.250. The Hall–Kier alpha value is -1.39. The minimum atomic E-state index is -0.228. The SMILES string of the molecule is COc1ccc(C(C)NCc2cc(F)cc(Br)c2)cc1. The summed E-state index contributed by atoms with van der Waals surface area (Å²) in [6.07, 6.45) is 0. The van der Waals surface area contributed by atoms with Crippen molar-refractivity contribution >= 4 is 15.9 Å². The predicted molar refractivity (Wildman–Crippen MR) is 82.3 cm³/mol. The minimum absolute atomic E-state index is 0.183. The standard InChI is InChI=1S/C16H17BrFNO/c1-11(13-3-5-16(20-2)6-4-13)19-10-12-7-14(17)9-15(18)8-12/h3-9,11,19H,10H2,1-2H3.